The number of sulfone groups is 1. The van der Waals surface area contributed by atoms with Gasteiger partial charge in [-0.1, -0.05) is 0 Å². The van der Waals surface area contributed by atoms with Crippen molar-refractivity contribution < 1.29 is 26.2 Å². The number of carbonyl (C=O) groups is 1. The van der Waals surface area contributed by atoms with Gasteiger partial charge in [0.1, 0.15) is 5.25 Å². The minimum Gasteiger partial charge on any atom is -0.348 e. The number of rotatable bonds is 5. The Morgan fingerprint density at radius 1 is 1.45 bits per heavy atom. The molecule has 0 aromatic carbocycles. The van der Waals surface area contributed by atoms with Gasteiger partial charge in [0.2, 0.25) is 5.91 Å². The van der Waals surface area contributed by atoms with Crippen LogP contribution in [0.4, 0.5) is 0 Å². The molecule has 1 rings (SSSR count). The number of hydrogen-bond donors (Lipinski definition) is 2. The number of nitrogens with zero attached hydrogens (tertiary/aromatic N) is 1. The van der Waals surface area contributed by atoms with Gasteiger partial charge in [0.05, 0.1) is 17.0 Å². The van der Waals surface area contributed by atoms with E-state index in [9.17, 15) is 21.6 Å². The lowest BCUT2D eigenvalue weighted by molar-refractivity contribution is -0.122. The summed E-state index contributed by atoms with van der Waals surface area (Å²) in [6.07, 6.45) is 0.112. The third-order valence-electron chi connectivity index (χ3n) is 3.21. The molecular formula is C10H20N2O6S2. The van der Waals surface area contributed by atoms with E-state index in [0.29, 0.717) is 6.54 Å². The highest BCUT2D eigenvalue weighted by molar-refractivity contribution is 7.94. The van der Waals surface area contributed by atoms with Crippen LogP contribution in [0.1, 0.15) is 13.3 Å². The van der Waals surface area contributed by atoms with Crippen LogP contribution in [0.2, 0.25) is 0 Å². The molecule has 1 aliphatic heterocycles. The zero-order valence-electron chi connectivity index (χ0n) is 11.7. The summed E-state index contributed by atoms with van der Waals surface area (Å²) in [5.74, 6) is -1.64. The average Bonchev–Trinajstić information content (AvgIpc) is 2.45. The smallest absolute Gasteiger partial charge is 0.271 e. The second-order valence-corrected chi connectivity index (χ2v) is 9.29. The Labute approximate surface area is 119 Å². The van der Waals surface area contributed by atoms with E-state index in [1.807, 2.05) is 0 Å². The van der Waals surface area contributed by atoms with Gasteiger partial charge < -0.3 is 10.2 Å². The standard InChI is InChI=1S/C10H20N2O6S2/c1-10(11-9(13)4-5-12(2)3)7-19(14,15)6-8(10)20(16,17)18/h8H,4-7H2,1-3H3,(H,11,13)(H,16,17,18)/t8-,10-/m1/s1. The van der Waals surface area contributed by atoms with E-state index in [-0.39, 0.29) is 6.42 Å². The summed E-state index contributed by atoms with van der Waals surface area (Å²) >= 11 is 0. The summed E-state index contributed by atoms with van der Waals surface area (Å²) < 4.78 is 55.0. The van der Waals surface area contributed by atoms with E-state index < -0.39 is 48.2 Å². The summed E-state index contributed by atoms with van der Waals surface area (Å²) in [5, 5.41) is 0.900. The molecule has 1 saturated heterocycles. The molecule has 2 atom stereocenters. The Bertz CT molecular complexity index is 583. The van der Waals surface area contributed by atoms with E-state index >= 15 is 0 Å². The van der Waals surface area contributed by atoms with Crippen LogP contribution in [0.25, 0.3) is 0 Å². The predicted octanol–water partition coefficient (Wildman–Crippen LogP) is -1.50. The Hall–Kier alpha value is -0.710. The molecule has 1 amide bonds. The zero-order valence-corrected chi connectivity index (χ0v) is 13.3. The Balaban J connectivity index is 2.91. The van der Waals surface area contributed by atoms with Crippen molar-refractivity contribution >= 4 is 25.9 Å². The van der Waals surface area contributed by atoms with Gasteiger partial charge >= 0.3 is 0 Å². The van der Waals surface area contributed by atoms with Gasteiger partial charge in [-0.2, -0.15) is 8.42 Å². The molecular weight excluding hydrogens is 308 g/mol. The predicted molar refractivity (Wildman–Crippen MR) is 73.7 cm³/mol. The summed E-state index contributed by atoms with van der Waals surface area (Å²) in [7, 11) is -4.64. The lowest BCUT2D eigenvalue weighted by atomic mass is 10.0. The first-order valence-corrected chi connectivity index (χ1v) is 9.31. The van der Waals surface area contributed by atoms with Gasteiger partial charge in [0.15, 0.2) is 9.84 Å². The summed E-state index contributed by atoms with van der Waals surface area (Å²) in [6, 6.07) is 0. The fourth-order valence-electron chi connectivity index (χ4n) is 2.26. The minimum atomic E-state index is -4.56. The maximum Gasteiger partial charge on any atom is 0.271 e. The second kappa shape index (κ2) is 5.58. The quantitative estimate of drug-likeness (QED) is 0.589. The van der Waals surface area contributed by atoms with E-state index in [4.69, 9.17) is 4.55 Å². The molecule has 1 fully saturated rings. The second-order valence-electron chi connectivity index (χ2n) is 5.58. The molecule has 1 aliphatic rings. The van der Waals surface area contributed by atoms with Gasteiger partial charge in [0.25, 0.3) is 10.1 Å². The van der Waals surface area contributed by atoms with Crippen LogP contribution in [-0.2, 0) is 24.7 Å². The van der Waals surface area contributed by atoms with Crippen LogP contribution in [0.3, 0.4) is 0 Å². The number of hydrogen-bond acceptors (Lipinski definition) is 6. The van der Waals surface area contributed by atoms with Crippen LogP contribution < -0.4 is 5.32 Å². The first kappa shape index (κ1) is 17.3. The third kappa shape index (κ3) is 4.40. The van der Waals surface area contributed by atoms with Crippen LogP contribution >= 0.6 is 0 Å². The molecule has 10 heteroatoms. The van der Waals surface area contributed by atoms with Crippen molar-refractivity contribution in [3.05, 3.63) is 0 Å². The van der Waals surface area contributed by atoms with Gasteiger partial charge in [-0.25, -0.2) is 8.42 Å². The van der Waals surface area contributed by atoms with Gasteiger partial charge in [-0.3, -0.25) is 9.35 Å². The minimum absolute atomic E-state index is 0.112. The largest absolute Gasteiger partial charge is 0.348 e. The first-order chi connectivity index (χ1) is 8.86. The van der Waals surface area contributed by atoms with Gasteiger partial charge in [-0.15, -0.1) is 0 Å². The molecule has 0 aromatic rings. The van der Waals surface area contributed by atoms with Crippen molar-refractivity contribution in [2.24, 2.45) is 0 Å². The molecule has 0 aliphatic carbocycles. The Kier molecular flexibility index (Phi) is 4.84. The monoisotopic (exact) mass is 328 g/mol. The molecule has 8 nitrogen and oxygen atoms in total. The van der Waals surface area contributed by atoms with Gasteiger partial charge in [0, 0.05) is 13.0 Å². The average molecular weight is 328 g/mol. The van der Waals surface area contributed by atoms with Crippen molar-refractivity contribution in [1.82, 2.24) is 10.2 Å². The number of amides is 1. The maximum absolute atomic E-state index is 11.8. The highest BCUT2D eigenvalue weighted by atomic mass is 32.2. The van der Waals surface area contributed by atoms with E-state index in [2.05, 4.69) is 5.32 Å². The van der Waals surface area contributed by atoms with Crippen molar-refractivity contribution in [1.29, 1.82) is 0 Å². The molecule has 0 saturated carbocycles. The van der Waals surface area contributed by atoms with Crippen LogP contribution in [-0.4, -0.2) is 75.1 Å². The molecule has 2 N–H and O–H groups in total. The first-order valence-electron chi connectivity index (χ1n) is 5.98. The fraction of sp³-hybridized carbons (Fsp3) is 0.900. The van der Waals surface area contributed by atoms with Crippen LogP contribution in [0, 0.1) is 0 Å². The topological polar surface area (TPSA) is 121 Å². The molecule has 0 unspecified atom stereocenters. The van der Waals surface area contributed by atoms with Crippen molar-refractivity contribution in [3.63, 3.8) is 0 Å². The summed E-state index contributed by atoms with van der Waals surface area (Å²) in [6.45, 7) is 1.77. The van der Waals surface area contributed by atoms with Crippen molar-refractivity contribution in [3.8, 4) is 0 Å². The molecule has 0 aromatic heterocycles. The highest BCUT2D eigenvalue weighted by Crippen LogP contribution is 2.28. The molecule has 1 heterocycles. The normalized spacial score (nSPS) is 29.6. The van der Waals surface area contributed by atoms with Gasteiger partial charge in [-0.05, 0) is 21.0 Å². The van der Waals surface area contributed by atoms with Crippen LogP contribution in [0.5, 0.6) is 0 Å². The fourth-order valence-corrected chi connectivity index (χ4v) is 6.61. The lowest BCUT2D eigenvalue weighted by Crippen LogP contribution is -2.56. The lowest BCUT2D eigenvalue weighted by Gasteiger charge is -2.29. The van der Waals surface area contributed by atoms with E-state index in [0.717, 1.165) is 0 Å². The zero-order chi connectivity index (χ0) is 15.8. The van der Waals surface area contributed by atoms with E-state index in [1.165, 1.54) is 6.92 Å². The molecule has 118 valence electrons. The highest BCUT2D eigenvalue weighted by Gasteiger charge is 2.53. The Morgan fingerprint density at radius 2 is 2.00 bits per heavy atom. The molecule has 20 heavy (non-hydrogen) atoms. The molecule has 0 bridgehead atoms. The summed E-state index contributed by atoms with van der Waals surface area (Å²) in [4.78, 5) is 13.6. The molecule has 0 radical (unpaired) electrons. The summed E-state index contributed by atoms with van der Waals surface area (Å²) in [5.41, 5.74) is -1.50. The SMILES string of the molecule is CN(C)CCC(=O)N[C@]1(C)CS(=O)(=O)C[C@H]1S(=O)(=O)O. The third-order valence-corrected chi connectivity index (χ3v) is 6.70. The molecule has 0 spiro atoms. The van der Waals surface area contributed by atoms with E-state index in [1.54, 1.807) is 19.0 Å². The Morgan fingerprint density at radius 3 is 2.45 bits per heavy atom. The number of carbonyl (C=O) groups excluding carboxylic acids is 1. The maximum atomic E-state index is 11.8. The van der Waals surface area contributed by atoms with Crippen LogP contribution in [0.15, 0.2) is 0 Å². The van der Waals surface area contributed by atoms with Crippen molar-refractivity contribution in [2.45, 2.75) is 24.1 Å². The van der Waals surface area contributed by atoms with Crippen molar-refractivity contribution in [2.75, 3.05) is 32.1 Å². The number of nitrogens with one attached hydrogen (secondary N) is 1.